The van der Waals surface area contributed by atoms with Gasteiger partial charge in [0.2, 0.25) is 0 Å². The van der Waals surface area contributed by atoms with E-state index in [9.17, 15) is 0 Å². The maximum absolute atomic E-state index is 4.59. The van der Waals surface area contributed by atoms with Crippen molar-refractivity contribution in [2.45, 2.75) is 33.9 Å². The normalized spacial score (nSPS) is 11.1. The third kappa shape index (κ3) is 2.56. The topological polar surface area (TPSA) is 42.7 Å². The summed E-state index contributed by atoms with van der Waals surface area (Å²) in [6.45, 7) is 7.91. The molecule has 0 saturated carbocycles. The van der Waals surface area contributed by atoms with Crippen molar-refractivity contribution < 1.29 is 0 Å². The van der Waals surface area contributed by atoms with Crippen molar-refractivity contribution in [1.82, 2.24) is 20.1 Å². The maximum Gasteiger partial charge on any atom is 0.0897 e. The monoisotopic (exact) mass is 250 g/mol. The fourth-order valence-electron chi connectivity index (χ4n) is 1.95. The zero-order valence-electron chi connectivity index (χ0n) is 10.7. The molecule has 1 N–H and O–H groups in total. The summed E-state index contributed by atoms with van der Waals surface area (Å²) in [5.74, 6) is 0. The van der Waals surface area contributed by atoms with E-state index in [-0.39, 0.29) is 0 Å². The highest BCUT2D eigenvalue weighted by Gasteiger charge is 2.11. The van der Waals surface area contributed by atoms with Gasteiger partial charge in [0.1, 0.15) is 0 Å². The first-order valence-corrected chi connectivity index (χ1v) is 6.52. The molecule has 92 valence electrons. The minimum atomic E-state index is 0.821. The quantitative estimate of drug-likeness (QED) is 0.903. The standard InChI is InChI=1S/C12H18N4S/c1-8-12(6-13-4)9(2)16(15-8)7-11-5-14-10(3)17-11/h5,13H,6-7H2,1-4H3. The predicted octanol–water partition coefficient (Wildman–Crippen LogP) is 2.03. The van der Waals surface area contributed by atoms with Crippen LogP contribution in [-0.4, -0.2) is 21.8 Å². The molecule has 4 nitrogen and oxygen atoms in total. The van der Waals surface area contributed by atoms with Crippen LogP contribution in [0.3, 0.4) is 0 Å². The van der Waals surface area contributed by atoms with Crippen molar-refractivity contribution in [3.8, 4) is 0 Å². The smallest absolute Gasteiger partial charge is 0.0897 e. The summed E-state index contributed by atoms with van der Waals surface area (Å²) >= 11 is 1.73. The van der Waals surface area contributed by atoms with Gasteiger partial charge in [0.25, 0.3) is 0 Å². The van der Waals surface area contributed by atoms with Gasteiger partial charge in [-0.3, -0.25) is 4.68 Å². The molecule has 2 aromatic heterocycles. The Balaban J connectivity index is 2.24. The highest BCUT2D eigenvalue weighted by molar-refractivity contribution is 7.11. The Kier molecular flexibility index (Phi) is 3.59. The van der Waals surface area contributed by atoms with Crippen LogP contribution in [0.4, 0.5) is 0 Å². The van der Waals surface area contributed by atoms with Gasteiger partial charge in [-0.1, -0.05) is 0 Å². The van der Waals surface area contributed by atoms with Gasteiger partial charge in [-0.2, -0.15) is 5.10 Å². The number of thiazole rings is 1. The molecule has 0 atom stereocenters. The third-order valence-electron chi connectivity index (χ3n) is 2.86. The Morgan fingerprint density at radius 3 is 2.71 bits per heavy atom. The third-order valence-corrected chi connectivity index (χ3v) is 3.76. The molecule has 0 aliphatic rings. The van der Waals surface area contributed by atoms with Gasteiger partial charge in [-0.15, -0.1) is 11.3 Å². The summed E-state index contributed by atoms with van der Waals surface area (Å²) in [6.07, 6.45) is 1.94. The van der Waals surface area contributed by atoms with Crippen LogP contribution in [0.5, 0.6) is 0 Å². The molecule has 5 heteroatoms. The summed E-state index contributed by atoms with van der Waals surface area (Å²) in [7, 11) is 1.96. The van der Waals surface area contributed by atoms with Gasteiger partial charge < -0.3 is 5.32 Å². The average molecular weight is 250 g/mol. The number of nitrogens with one attached hydrogen (secondary N) is 1. The molecule has 0 aliphatic heterocycles. The molecular weight excluding hydrogens is 232 g/mol. The van der Waals surface area contributed by atoms with Crippen molar-refractivity contribution in [2.75, 3.05) is 7.05 Å². The molecule has 0 bridgehead atoms. The van der Waals surface area contributed by atoms with Gasteiger partial charge in [0.15, 0.2) is 0 Å². The summed E-state index contributed by atoms with van der Waals surface area (Å²) in [6, 6.07) is 0. The fraction of sp³-hybridized carbons (Fsp3) is 0.500. The summed E-state index contributed by atoms with van der Waals surface area (Å²) in [4.78, 5) is 5.53. The highest BCUT2D eigenvalue weighted by atomic mass is 32.1. The lowest BCUT2D eigenvalue weighted by molar-refractivity contribution is 0.663. The Bertz CT molecular complexity index is 513. The van der Waals surface area contributed by atoms with Crippen LogP contribution < -0.4 is 5.32 Å². The van der Waals surface area contributed by atoms with Crippen LogP contribution in [0.15, 0.2) is 6.20 Å². The van der Waals surface area contributed by atoms with E-state index in [0.717, 1.165) is 23.8 Å². The summed E-state index contributed by atoms with van der Waals surface area (Å²) in [5, 5.41) is 8.88. The Hall–Kier alpha value is -1.20. The van der Waals surface area contributed by atoms with E-state index >= 15 is 0 Å². The second-order valence-corrected chi connectivity index (χ2v) is 5.50. The molecule has 17 heavy (non-hydrogen) atoms. The number of rotatable bonds is 4. The Labute approximate surface area is 106 Å². The number of aromatic nitrogens is 3. The number of nitrogens with zero attached hydrogens (tertiary/aromatic N) is 3. The largest absolute Gasteiger partial charge is 0.316 e. The molecule has 0 unspecified atom stereocenters. The number of hydrogen-bond acceptors (Lipinski definition) is 4. The van der Waals surface area contributed by atoms with Crippen LogP contribution in [0, 0.1) is 20.8 Å². The molecular formula is C12H18N4S. The molecule has 0 saturated heterocycles. The minimum absolute atomic E-state index is 0.821. The molecule has 0 radical (unpaired) electrons. The van der Waals surface area contributed by atoms with E-state index in [1.54, 1.807) is 11.3 Å². The van der Waals surface area contributed by atoms with Crippen LogP contribution in [-0.2, 0) is 13.1 Å². The van der Waals surface area contributed by atoms with Crippen molar-refractivity contribution >= 4 is 11.3 Å². The SMILES string of the molecule is CNCc1c(C)nn(Cc2cnc(C)s2)c1C. The lowest BCUT2D eigenvalue weighted by Crippen LogP contribution is -2.08. The van der Waals surface area contributed by atoms with E-state index in [2.05, 4.69) is 33.9 Å². The zero-order chi connectivity index (χ0) is 12.4. The Morgan fingerprint density at radius 1 is 1.35 bits per heavy atom. The van der Waals surface area contributed by atoms with Gasteiger partial charge >= 0.3 is 0 Å². The number of hydrogen-bond donors (Lipinski definition) is 1. The molecule has 0 amide bonds. The van der Waals surface area contributed by atoms with Crippen molar-refractivity contribution in [3.05, 3.63) is 33.0 Å². The lowest BCUT2D eigenvalue weighted by Gasteiger charge is -2.03. The molecule has 0 aliphatic carbocycles. The molecule has 2 rings (SSSR count). The number of aryl methyl sites for hydroxylation is 2. The van der Waals surface area contributed by atoms with Crippen molar-refractivity contribution in [3.63, 3.8) is 0 Å². The molecule has 2 aromatic rings. The molecule has 0 spiro atoms. The summed E-state index contributed by atoms with van der Waals surface area (Å²) < 4.78 is 2.06. The van der Waals surface area contributed by atoms with Gasteiger partial charge in [0.05, 0.1) is 17.2 Å². The molecule has 0 aromatic carbocycles. The van der Waals surface area contributed by atoms with E-state index < -0.39 is 0 Å². The van der Waals surface area contributed by atoms with E-state index in [1.165, 1.54) is 16.1 Å². The first-order chi connectivity index (χ1) is 8.11. The lowest BCUT2D eigenvalue weighted by atomic mass is 10.2. The van der Waals surface area contributed by atoms with E-state index in [4.69, 9.17) is 0 Å². The zero-order valence-corrected chi connectivity index (χ0v) is 11.6. The maximum atomic E-state index is 4.59. The van der Waals surface area contributed by atoms with Crippen LogP contribution in [0.2, 0.25) is 0 Å². The first kappa shape index (κ1) is 12.3. The first-order valence-electron chi connectivity index (χ1n) is 5.70. The van der Waals surface area contributed by atoms with Gasteiger partial charge in [-0.05, 0) is 27.8 Å². The molecule has 0 fully saturated rings. The molecule has 2 heterocycles. The highest BCUT2D eigenvalue weighted by Crippen LogP contribution is 2.17. The van der Waals surface area contributed by atoms with E-state index in [1.807, 2.05) is 20.2 Å². The van der Waals surface area contributed by atoms with Crippen LogP contribution in [0.25, 0.3) is 0 Å². The average Bonchev–Trinajstić information content (AvgIpc) is 2.79. The van der Waals surface area contributed by atoms with E-state index in [0.29, 0.717) is 0 Å². The van der Waals surface area contributed by atoms with Crippen LogP contribution in [0.1, 0.15) is 26.8 Å². The van der Waals surface area contributed by atoms with Gasteiger partial charge in [-0.25, -0.2) is 4.98 Å². The summed E-state index contributed by atoms with van der Waals surface area (Å²) in [5.41, 5.74) is 3.65. The second-order valence-electron chi connectivity index (χ2n) is 4.18. The van der Waals surface area contributed by atoms with Crippen molar-refractivity contribution in [1.29, 1.82) is 0 Å². The van der Waals surface area contributed by atoms with Crippen molar-refractivity contribution in [2.24, 2.45) is 0 Å². The van der Waals surface area contributed by atoms with Crippen LogP contribution >= 0.6 is 11.3 Å². The minimum Gasteiger partial charge on any atom is -0.316 e. The Morgan fingerprint density at radius 2 is 2.12 bits per heavy atom. The second kappa shape index (κ2) is 4.98. The predicted molar refractivity (Wildman–Crippen MR) is 70.4 cm³/mol. The fourth-order valence-corrected chi connectivity index (χ4v) is 2.72. The van der Waals surface area contributed by atoms with Gasteiger partial charge in [0, 0.05) is 28.9 Å².